The predicted molar refractivity (Wildman–Crippen MR) is 90.3 cm³/mol. The van der Waals surface area contributed by atoms with Crippen LogP contribution < -0.4 is 9.47 Å². The lowest BCUT2D eigenvalue weighted by Gasteiger charge is -2.21. The van der Waals surface area contributed by atoms with E-state index in [0.29, 0.717) is 41.4 Å². The monoisotopic (exact) mass is 342 g/mol. The highest BCUT2D eigenvalue weighted by Gasteiger charge is 2.19. The van der Waals surface area contributed by atoms with Crippen molar-refractivity contribution in [2.45, 2.75) is 44.3 Å². The summed E-state index contributed by atoms with van der Waals surface area (Å²) in [7, 11) is -0.837. The molecule has 1 aromatic rings. The van der Waals surface area contributed by atoms with Crippen molar-refractivity contribution >= 4 is 22.4 Å². The highest BCUT2D eigenvalue weighted by atomic mass is 35.5. The van der Waals surface area contributed by atoms with E-state index < -0.39 is 10.8 Å². The van der Waals surface area contributed by atoms with Gasteiger partial charge >= 0.3 is 0 Å². The van der Waals surface area contributed by atoms with Crippen LogP contribution in [0.1, 0.15) is 44.1 Å². The summed E-state index contributed by atoms with van der Waals surface area (Å²) in [6, 6.07) is 3.80. The average Bonchev–Trinajstić information content (AvgIpc) is 2.74. The van der Waals surface area contributed by atoms with Crippen molar-refractivity contribution in [3.05, 3.63) is 22.7 Å². The van der Waals surface area contributed by atoms with Gasteiger partial charge in [-0.3, -0.25) is 4.21 Å². The Balaban J connectivity index is 1.65. The Morgan fingerprint density at radius 1 is 1.09 bits per heavy atom. The van der Waals surface area contributed by atoms with Crippen LogP contribution in [0.5, 0.6) is 11.5 Å². The van der Waals surface area contributed by atoms with Gasteiger partial charge in [0.2, 0.25) is 0 Å². The van der Waals surface area contributed by atoms with E-state index in [1.54, 1.807) is 0 Å². The number of benzene rings is 1. The molecule has 0 bridgehead atoms. The molecule has 22 heavy (non-hydrogen) atoms. The molecule has 122 valence electrons. The zero-order chi connectivity index (χ0) is 15.4. The van der Waals surface area contributed by atoms with Crippen LogP contribution in [-0.2, 0) is 16.6 Å². The van der Waals surface area contributed by atoms with Crippen LogP contribution in [0.4, 0.5) is 0 Å². The number of rotatable bonds is 4. The topological polar surface area (TPSA) is 35.5 Å². The van der Waals surface area contributed by atoms with Crippen molar-refractivity contribution in [3.63, 3.8) is 0 Å². The molecule has 0 saturated heterocycles. The molecule has 0 radical (unpaired) electrons. The van der Waals surface area contributed by atoms with Gasteiger partial charge < -0.3 is 9.47 Å². The molecule has 1 fully saturated rings. The van der Waals surface area contributed by atoms with Gasteiger partial charge in [0.05, 0.1) is 18.2 Å². The summed E-state index contributed by atoms with van der Waals surface area (Å²) in [4.78, 5) is 0. The highest BCUT2D eigenvalue weighted by molar-refractivity contribution is 7.84. The van der Waals surface area contributed by atoms with E-state index in [1.807, 2.05) is 12.1 Å². The molecule has 1 aliphatic carbocycles. The Labute approximate surface area is 139 Å². The minimum atomic E-state index is -0.837. The Hall–Kier alpha value is -0.740. The zero-order valence-electron chi connectivity index (χ0n) is 12.8. The van der Waals surface area contributed by atoms with Gasteiger partial charge in [0.1, 0.15) is 0 Å². The number of hydrogen-bond donors (Lipinski definition) is 0. The van der Waals surface area contributed by atoms with Gasteiger partial charge in [-0.05, 0) is 36.5 Å². The maximum absolute atomic E-state index is 12.4. The van der Waals surface area contributed by atoms with Crippen LogP contribution in [0, 0.1) is 5.92 Å². The van der Waals surface area contributed by atoms with E-state index in [2.05, 4.69) is 0 Å². The molecule has 5 heteroatoms. The fourth-order valence-corrected chi connectivity index (χ4v) is 5.03. The van der Waals surface area contributed by atoms with E-state index in [9.17, 15) is 4.21 Å². The Morgan fingerprint density at radius 2 is 1.86 bits per heavy atom. The molecule has 0 aromatic heterocycles. The van der Waals surface area contributed by atoms with E-state index in [0.717, 1.165) is 17.7 Å². The summed E-state index contributed by atoms with van der Waals surface area (Å²) in [5.74, 6) is 3.31. The smallest absolute Gasteiger partial charge is 0.179 e. The molecule has 2 aliphatic rings. The van der Waals surface area contributed by atoms with Crippen molar-refractivity contribution < 1.29 is 13.7 Å². The van der Waals surface area contributed by atoms with E-state index in [1.165, 1.54) is 32.1 Å². The molecule has 1 saturated carbocycles. The first-order chi connectivity index (χ1) is 10.7. The third-order valence-corrected chi connectivity index (χ3v) is 6.12. The SMILES string of the molecule is O=S(Cc1cc(Cl)c2c(c1)OCCCO2)CC1CCCCC1. The van der Waals surface area contributed by atoms with Gasteiger partial charge in [-0.2, -0.15) is 0 Å². The first-order valence-corrected chi connectivity index (χ1v) is 10.0. The quantitative estimate of drug-likeness (QED) is 0.817. The summed E-state index contributed by atoms with van der Waals surface area (Å²) in [5, 5.41) is 0.559. The predicted octanol–water partition coefficient (Wildman–Crippen LogP) is 4.33. The lowest BCUT2D eigenvalue weighted by atomic mass is 9.91. The highest BCUT2D eigenvalue weighted by Crippen LogP contribution is 2.38. The van der Waals surface area contributed by atoms with Crippen molar-refractivity contribution in [1.82, 2.24) is 0 Å². The minimum absolute atomic E-state index is 0.548. The lowest BCUT2D eigenvalue weighted by Crippen LogP contribution is -2.15. The number of halogens is 1. The van der Waals surface area contributed by atoms with Gasteiger partial charge in [-0.1, -0.05) is 30.9 Å². The van der Waals surface area contributed by atoms with Crippen molar-refractivity contribution in [1.29, 1.82) is 0 Å². The number of fused-ring (bicyclic) bond motifs is 1. The molecule has 0 amide bonds. The van der Waals surface area contributed by atoms with E-state index in [4.69, 9.17) is 21.1 Å². The van der Waals surface area contributed by atoms with Crippen molar-refractivity contribution in [3.8, 4) is 11.5 Å². The Bertz CT molecular complexity index is 541. The maximum atomic E-state index is 12.4. The standard InChI is InChI=1S/C17H23ClO3S/c18-15-9-14(10-16-17(15)21-8-4-7-20-16)12-22(19)11-13-5-2-1-3-6-13/h9-10,13H,1-8,11-12H2. The van der Waals surface area contributed by atoms with Crippen LogP contribution in [0.15, 0.2) is 12.1 Å². The largest absolute Gasteiger partial charge is 0.489 e. The number of hydrogen-bond acceptors (Lipinski definition) is 3. The molecular weight excluding hydrogens is 320 g/mol. The molecule has 3 rings (SSSR count). The van der Waals surface area contributed by atoms with Crippen LogP contribution in [0.2, 0.25) is 5.02 Å². The van der Waals surface area contributed by atoms with Crippen LogP contribution >= 0.6 is 11.6 Å². The van der Waals surface area contributed by atoms with Crippen molar-refractivity contribution in [2.24, 2.45) is 5.92 Å². The Kier molecular flexibility index (Phi) is 5.64. The molecule has 1 aromatic carbocycles. The maximum Gasteiger partial charge on any atom is 0.179 e. The second-order valence-electron chi connectivity index (χ2n) is 6.21. The first kappa shape index (κ1) is 16.1. The summed E-state index contributed by atoms with van der Waals surface area (Å²) in [6.07, 6.45) is 7.23. The molecule has 0 spiro atoms. The summed E-state index contributed by atoms with van der Waals surface area (Å²) >= 11 is 6.29. The Morgan fingerprint density at radius 3 is 2.68 bits per heavy atom. The summed E-state index contributed by atoms with van der Waals surface area (Å²) < 4.78 is 23.7. The summed E-state index contributed by atoms with van der Waals surface area (Å²) in [6.45, 7) is 1.26. The molecular formula is C17H23ClO3S. The molecule has 3 nitrogen and oxygen atoms in total. The van der Waals surface area contributed by atoms with Gasteiger partial charge in [0.25, 0.3) is 0 Å². The van der Waals surface area contributed by atoms with E-state index >= 15 is 0 Å². The van der Waals surface area contributed by atoms with Crippen LogP contribution in [0.3, 0.4) is 0 Å². The molecule has 1 atom stereocenters. The average molecular weight is 343 g/mol. The molecule has 1 aliphatic heterocycles. The van der Waals surface area contributed by atoms with Crippen LogP contribution in [0.25, 0.3) is 0 Å². The summed E-state index contributed by atoms with van der Waals surface area (Å²) in [5.41, 5.74) is 0.975. The third kappa shape index (κ3) is 4.17. The lowest BCUT2D eigenvalue weighted by molar-refractivity contribution is 0.297. The van der Waals surface area contributed by atoms with Crippen molar-refractivity contribution in [2.75, 3.05) is 19.0 Å². The van der Waals surface area contributed by atoms with Gasteiger partial charge in [0, 0.05) is 28.7 Å². The molecule has 1 unspecified atom stereocenters. The second-order valence-corrected chi connectivity index (χ2v) is 8.12. The van der Waals surface area contributed by atoms with Gasteiger partial charge in [-0.15, -0.1) is 0 Å². The second kappa shape index (κ2) is 7.69. The number of ether oxygens (including phenoxy) is 2. The van der Waals surface area contributed by atoms with Gasteiger partial charge in [0.15, 0.2) is 11.5 Å². The fraction of sp³-hybridized carbons (Fsp3) is 0.647. The van der Waals surface area contributed by atoms with E-state index in [-0.39, 0.29) is 0 Å². The minimum Gasteiger partial charge on any atom is -0.489 e. The molecule has 0 N–H and O–H groups in total. The fourth-order valence-electron chi connectivity index (χ4n) is 3.23. The molecule has 1 heterocycles. The van der Waals surface area contributed by atoms with Crippen LogP contribution in [-0.4, -0.2) is 23.2 Å². The van der Waals surface area contributed by atoms with Gasteiger partial charge in [-0.25, -0.2) is 0 Å². The first-order valence-electron chi connectivity index (χ1n) is 8.15. The third-order valence-electron chi connectivity index (χ3n) is 4.34. The normalized spacial score (nSPS) is 20.4. The zero-order valence-corrected chi connectivity index (χ0v) is 14.4.